The van der Waals surface area contributed by atoms with Crippen molar-refractivity contribution in [2.24, 2.45) is 0 Å². The lowest BCUT2D eigenvalue weighted by atomic mass is 9.85. The van der Waals surface area contributed by atoms with E-state index in [1.807, 2.05) is 36.4 Å². The minimum absolute atomic E-state index is 0.0104. The third kappa shape index (κ3) is 6.60. The topological polar surface area (TPSA) is 161 Å². The van der Waals surface area contributed by atoms with Crippen molar-refractivity contribution in [1.29, 1.82) is 0 Å². The molecule has 1 spiro atoms. The van der Waals surface area contributed by atoms with Crippen LogP contribution in [0.15, 0.2) is 42.5 Å². The first-order valence-electron chi connectivity index (χ1n) is 13.2. The zero-order chi connectivity index (χ0) is 31.1. The molecule has 0 radical (unpaired) electrons. The lowest BCUT2D eigenvalue weighted by Gasteiger charge is -2.48. The lowest BCUT2D eigenvalue weighted by Crippen LogP contribution is -2.66. The maximum Gasteiger partial charge on any atom is 0.508 e. The maximum absolute atomic E-state index is 12.6. The molecule has 0 amide bonds. The molecule has 2 aromatic carbocycles. The second kappa shape index (κ2) is 13.6. The average Bonchev–Trinajstić information content (AvgIpc) is 3.40. The highest BCUT2D eigenvalue weighted by Crippen LogP contribution is 2.49. The predicted molar refractivity (Wildman–Crippen MR) is 143 cm³/mol. The molecular weight excluding hydrogens is 572 g/mol. The Morgan fingerprint density at radius 2 is 1.35 bits per heavy atom. The van der Waals surface area contributed by atoms with Gasteiger partial charge >= 0.3 is 24.6 Å². The number of benzene rings is 2. The third-order valence-corrected chi connectivity index (χ3v) is 7.03. The summed E-state index contributed by atoms with van der Waals surface area (Å²) in [6.45, 7) is 1.47. The van der Waals surface area contributed by atoms with Crippen LogP contribution in [0.3, 0.4) is 0 Å². The number of rotatable bonds is 7. The van der Waals surface area contributed by atoms with Gasteiger partial charge in [-0.05, 0) is 34.7 Å². The summed E-state index contributed by atoms with van der Waals surface area (Å²) >= 11 is 0. The molecule has 2 heterocycles. The van der Waals surface area contributed by atoms with Crippen LogP contribution in [0.5, 0.6) is 0 Å². The van der Waals surface area contributed by atoms with E-state index in [-0.39, 0.29) is 6.61 Å². The summed E-state index contributed by atoms with van der Waals surface area (Å²) < 4.78 is 52.8. The smallest absolute Gasteiger partial charge is 0.438 e. The molecule has 232 valence electrons. The molecule has 4 rings (SSSR count). The summed E-state index contributed by atoms with van der Waals surface area (Å²) in [7, 11) is 4.28. The molecule has 2 aliphatic heterocycles. The van der Waals surface area contributed by atoms with E-state index in [1.54, 1.807) is 6.07 Å². The van der Waals surface area contributed by atoms with Crippen LogP contribution >= 0.6 is 0 Å². The van der Waals surface area contributed by atoms with Crippen molar-refractivity contribution in [3.8, 4) is 11.1 Å². The summed E-state index contributed by atoms with van der Waals surface area (Å²) in [5.74, 6) is -1.97. The highest BCUT2D eigenvalue weighted by molar-refractivity contribution is 5.67. The number of carbonyl (C=O) groups is 4. The molecule has 14 heteroatoms. The Hall–Kier alpha value is -4.56. The van der Waals surface area contributed by atoms with E-state index in [0.717, 1.165) is 51.6 Å². The second-order valence-electron chi connectivity index (χ2n) is 9.37. The minimum Gasteiger partial charge on any atom is -0.438 e. The number of hydrogen-bond donors (Lipinski definition) is 0. The number of aryl methyl sites for hydroxylation is 1. The molecule has 14 nitrogen and oxygen atoms in total. The SMILES string of the molecule is CCc1ccc(-c2ccc3c(c2)[C@]2(OC3)O[C@H](COC(=O)OC)[C@H](OC(=O)OC)[C@H](OC(=O)OC)[C@H]2OC(=O)OC)cc1. The van der Waals surface area contributed by atoms with E-state index in [1.165, 1.54) is 0 Å². The molecule has 5 atom stereocenters. The first-order valence-corrected chi connectivity index (χ1v) is 13.2. The van der Waals surface area contributed by atoms with Gasteiger partial charge in [-0.2, -0.15) is 0 Å². The van der Waals surface area contributed by atoms with Crippen molar-refractivity contribution < 1.29 is 66.5 Å². The lowest BCUT2D eigenvalue weighted by molar-refractivity contribution is -0.368. The first-order chi connectivity index (χ1) is 20.7. The number of carbonyl (C=O) groups excluding carboxylic acids is 4. The zero-order valence-corrected chi connectivity index (χ0v) is 24.2. The quantitative estimate of drug-likeness (QED) is 0.326. The molecule has 0 aromatic heterocycles. The highest BCUT2D eigenvalue weighted by Gasteiger charge is 2.64. The zero-order valence-electron chi connectivity index (χ0n) is 24.2. The van der Waals surface area contributed by atoms with Gasteiger partial charge in [-0.25, -0.2) is 19.2 Å². The van der Waals surface area contributed by atoms with Crippen molar-refractivity contribution in [3.05, 3.63) is 59.2 Å². The molecule has 43 heavy (non-hydrogen) atoms. The van der Waals surface area contributed by atoms with Crippen LogP contribution in [0.25, 0.3) is 11.1 Å². The van der Waals surface area contributed by atoms with Gasteiger partial charge in [0.2, 0.25) is 11.9 Å². The van der Waals surface area contributed by atoms with E-state index < -0.39 is 61.4 Å². The largest absolute Gasteiger partial charge is 0.508 e. The van der Waals surface area contributed by atoms with Gasteiger partial charge in [0.25, 0.3) is 0 Å². The van der Waals surface area contributed by atoms with Gasteiger partial charge in [0.05, 0.1) is 35.0 Å². The van der Waals surface area contributed by atoms with Crippen LogP contribution in [0.1, 0.15) is 23.6 Å². The van der Waals surface area contributed by atoms with Crippen LogP contribution in [0.2, 0.25) is 0 Å². The van der Waals surface area contributed by atoms with Gasteiger partial charge in [-0.15, -0.1) is 0 Å². The van der Waals surface area contributed by atoms with Gasteiger partial charge in [0, 0.05) is 5.56 Å². The fraction of sp³-hybridized carbons (Fsp3) is 0.448. The van der Waals surface area contributed by atoms with E-state index in [2.05, 4.69) is 21.1 Å². The molecule has 2 aliphatic rings. The van der Waals surface area contributed by atoms with Crippen LogP contribution in [-0.4, -0.2) is 84.1 Å². The molecule has 0 bridgehead atoms. The van der Waals surface area contributed by atoms with Crippen molar-refractivity contribution in [2.75, 3.05) is 35.0 Å². The number of ether oxygens (including phenoxy) is 10. The number of hydrogen-bond acceptors (Lipinski definition) is 14. The monoisotopic (exact) mass is 604 g/mol. The predicted octanol–water partition coefficient (Wildman–Crippen LogP) is 4.24. The van der Waals surface area contributed by atoms with Crippen molar-refractivity contribution in [3.63, 3.8) is 0 Å². The van der Waals surface area contributed by atoms with Crippen molar-refractivity contribution in [2.45, 2.75) is 50.2 Å². The molecule has 0 N–H and O–H groups in total. The molecule has 0 unspecified atom stereocenters. The van der Waals surface area contributed by atoms with Gasteiger partial charge in [-0.3, -0.25) is 0 Å². The molecule has 1 fully saturated rings. The fourth-order valence-electron chi connectivity index (χ4n) is 4.92. The van der Waals surface area contributed by atoms with Crippen LogP contribution in [0, 0.1) is 0 Å². The number of fused-ring (bicyclic) bond motifs is 2. The molecule has 0 saturated carbocycles. The fourth-order valence-corrected chi connectivity index (χ4v) is 4.92. The molecular formula is C29H32O14. The summed E-state index contributed by atoms with van der Waals surface area (Å²) in [6.07, 6.45) is -10.0. The Labute approximate surface area is 246 Å². The van der Waals surface area contributed by atoms with E-state index >= 15 is 0 Å². The van der Waals surface area contributed by atoms with E-state index in [0.29, 0.717) is 11.1 Å². The first kappa shape index (κ1) is 31.4. The van der Waals surface area contributed by atoms with Crippen molar-refractivity contribution in [1.82, 2.24) is 0 Å². The Kier molecular flexibility index (Phi) is 9.93. The Morgan fingerprint density at radius 1 is 0.767 bits per heavy atom. The molecule has 0 aliphatic carbocycles. The summed E-state index contributed by atoms with van der Waals surface area (Å²) in [5, 5.41) is 0. The Bertz CT molecular complexity index is 1320. The van der Waals surface area contributed by atoms with Gasteiger partial charge in [0.15, 0.2) is 12.2 Å². The van der Waals surface area contributed by atoms with Gasteiger partial charge < -0.3 is 47.4 Å². The third-order valence-electron chi connectivity index (χ3n) is 7.03. The minimum atomic E-state index is -1.97. The standard InChI is InChI=1S/C29H32O14/c1-6-16-7-9-17(10-8-16)18-11-12-19-14-39-29(20(19)13-18)24(42-28(33)37-5)23(41-27(32)36-4)22(40-26(31)35-3)21(43-29)15-38-25(30)34-2/h7-13,21-24H,6,14-15H2,1-5H3/t21-,22+,23+,24-,29+/m1/s1. The van der Waals surface area contributed by atoms with Crippen LogP contribution in [0.4, 0.5) is 19.2 Å². The highest BCUT2D eigenvalue weighted by atomic mass is 16.8. The second-order valence-corrected chi connectivity index (χ2v) is 9.37. The van der Waals surface area contributed by atoms with Crippen molar-refractivity contribution >= 4 is 24.6 Å². The number of methoxy groups -OCH3 is 4. The van der Waals surface area contributed by atoms with Gasteiger partial charge in [0.1, 0.15) is 12.7 Å². The van der Waals surface area contributed by atoms with Gasteiger partial charge in [-0.1, -0.05) is 43.3 Å². The van der Waals surface area contributed by atoms with Crippen LogP contribution in [-0.2, 0) is 66.2 Å². The van der Waals surface area contributed by atoms with Crippen LogP contribution < -0.4 is 0 Å². The Morgan fingerprint density at radius 3 is 1.95 bits per heavy atom. The average molecular weight is 605 g/mol. The maximum atomic E-state index is 12.6. The summed E-state index contributed by atoms with van der Waals surface area (Å²) in [4.78, 5) is 49.2. The van der Waals surface area contributed by atoms with E-state index in [4.69, 9.17) is 33.2 Å². The molecule has 2 aromatic rings. The summed E-state index contributed by atoms with van der Waals surface area (Å²) in [6, 6.07) is 13.4. The normalized spacial score (nSPS) is 23.8. The summed E-state index contributed by atoms with van der Waals surface area (Å²) in [5.41, 5.74) is 3.87. The Balaban J connectivity index is 1.88. The molecule has 1 saturated heterocycles. The van der Waals surface area contributed by atoms with E-state index in [9.17, 15) is 19.2 Å².